The molecule has 0 unspecified atom stereocenters. The second-order valence-corrected chi connectivity index (χ2v) is 7.52. The highest BCUT2D eigenvalue weighted by atomic mass is 16.6. The van der Waals surface area contributed by atoms with Crippen molar-refractivity contribution in [3.05, 3.63) is 0 Å². The average molecular weight is 459 g/mol. The van der Waals surface area contributed by atoms with Crippen molar-refractivity contribution in [2.45, 2.75) is 103 Å². The normalized spacial score (nSPS) is 10.4. The molecule has 32 heavy (non-hydrogen) atoms. The summed E-state index contributed by atoms with van der Waals surface area (Å²) in [5.41, 5.74) is 0. The maximum Gasteiger partial charge on any atom is 0.313 e. The molecular weight excluding hydrogens is 424 g/mol. The van der Waals surface area contributed by atoms with Crippen LogP contribution < -0.4 is 0 Å². The Hall–Kier alpha value is -2.78. The number of carboxylic acids is 2. The second kappa shape index (κ2) is 18.9. The highest BCUT2D eigenvalue weighted by Gasteiger charge is 2.13. The lowest BCUT2D eigenvalue weighted by Gasteiger charge is -2.04. The minimum Gasteiger partial charge on any atom is -0.481 e. The molecule has 0 rings (SSSR count). The molecule has 0 aromatic carbocycles. The molecule has 0 spiro atoms. The Bertz CT molecular complexity index is 572. The minimum atomic E-state index is -0.850. The fourth-order valence-corrected chi connectivity index (χ4v) is 2.79. The third kappa shape index (κ3) is 20.5. The Labute approximate surface area is 187 Å². The fraction of sp³-hybridized carbons (Fsp3) is 0.727. The molecular formula is C22H34O10. The van der Waals surface area contributed by atoms with Gasteiger partial charge in [0.1, 0.15) is 0 Å². The van der Waals surface area contributed by atoms with E-state index in [1.165, 1.54) is 0 Å². The van der Waals surface area contributed by atoms with Gasteiger partial charge in [-0.2, -0.15) is 0 Å². The number of ether oxygens (including phenoxy) is 2. The zero-order valence-corrected chi connectivity index (χ0v) is 18.5. The van der Waals surface area contributed by atoms with Gasteiger partial charge in [-0.05, 0) is 38.5 Å². The van der Waals surface area contributed by atoms with Gasteiger partial charge in [0.2, 0.25) is 0 Å². The van der Waals surface area contributed by atoms with Gasteiger partial charge in [-0.3, -0.25) is 28.8 Å². The van der Waals surface area contributed by atoms with Gasteiger partial charge in [-0.1, -0.05) is 25.7 Å². The molecule has 0 heterocycles. The molecule has 0 aromatic rings. The lowest BCUT2D eigenvalue weighted by molar-refractivity contribution is -0.162. The lowest BCUT2D eigenvalue weighted by Crippen LogP contribution is -2.13. The summed E-state index contributed by atoms with van der Waals surface area (Å²) in [6.07, 6.45) is 5.84. The largest absolute Gasteiger partial charge is 0.481 e. The van der Waals surface area contributed by atoms with Crippen LogP contribution in [0.2, 0.25) is 0 Å². The van der Waals surface area contributed by atoms with E-state index < -0.39 is 35.8 Å². The molecule has 0 aliphatic rings. The standard InChI is InChI=1S/C22H34O10/c23-17(24)11-5-1-3-7-13-19(27)31-21(29)15-9-10-16-22(30)32-20(28)14-8-4-2-6-12-18(25)26/h1-16H2,(H,23,24)(H,25,26). The SMILES string of the molecule is O=C(O)CCCCCCC(=O)OC(=O)CCCCC(=O)OC(=O)CCCCCCC(=O)O. The first-order valence-corrected chi connectivity index (χ1v) is 11.1. The molecule has 0 bridgehead atoms. The van der Waals surface area contributed by atoms with Gasteiger partial charge < -0.3 is 19.7 Å². The van der Waals surface area contributed by atoms with Crippen LogP contribution in [0.4, 0.5) is 0 Å². The van der Waals surface area contributed by atoms with E-state index >= 15 is 0 Å². The number of carbonyl (C=O) groups is 6. The average Bonchev–Trinajstić information content (AvgIpc) is 2.70. The van der Waals surface area contributed by atoms with E-state index in [-0.39, 0.29) is 38.5 Å². The van der Waals surface area contributed by atoms with Crippen molar-refractivity contribution in [1.82, 2.24) is 0 Å². The van der Waals surface area contributed by atoms with Crippen LogP contribution in [0.15, 0.2) is 0 Å². The molecule has 0 fully saturated rings. The number of carboxylic acid groups (broad SMARTS) is 2. The predicted molar refractivity (Wildman–Crippen MR) is 111 cm³/mol. The first kappa shape index (κ1) is 29.2. The van der Waals surface area contributed by atoms with Crippen molar-refractivity contribution in [2.24, 2.45) is 0 Å². The van der Waals surface area contributed by atoms with Crippen LogP contribution in [-0.2, 0) is 38.2 Å². The van der Waals surface area contributed by atoms with Crippen molar-refractivity contribution >= 4 is 35.8 Å². The Morgan fingerprint density at radius 3 is 0.844 bits per heavy atom. The summed E-state index contributed by atoms with van der Waals surface area (Å²) in [4.78, 5) is 67.1. The molecule has 10 nitrogen and oxygen atoms in total. The van der Waals surface area contributed by atoms with Crippen molar-refractivity contribution in [3.63, 3.8) is 0 Å². The van der Waals surface area contributed by atoms with Crippen LogP contribution in [0.5, 0.6) is 0 Å². The lowest BCUT2D eigenvalue weighted by atomic mass is 10.1. The Balaban J connectivity index is 3.65. The molecule has 0 aromatic heterocycles. The van der Waals surface area contributed by atoms with Crippen LogP contribution in [0.25, 0.3) is 0 Å². The van der Waals surface area contributed by atoms with Gasteiger partial charge >= 0.3 is 35.8 Å². The van der Waals surface area contributed by atoms with Gasteiger partial charge in [-0.25, -0.2) is 0 Å². The van der Waals surface area contributed by atoms with Gasteiger partial charge in [0.15, 0.2) is 0 Å². The van der Waals surface area contributed by atoms with Gasteiger partial charge in [0.05, 0.1) is 0 Å². The smallest absolute Gasteiger partial charge is 0.313 e. The van der Waals surface area contributed by atoms with E-state index in [2.05, 4.69) is 9.47 Å². The molecule has 0 aliphatic carbocycles. The molecule has 182 valence electrons. The number of unbranched alkanes of at least 4 members (excludes halogenated alkanes) is 7. The van der Waals surface area contributed by atoms with Crippen LogP contribution in [0.3, 0.4) is 0 Å². The number of aliphatic carboxylic acids is 2. The van der Waals surface area contributed by atoms with E-state index in [4.69, 9.17) is 10.2 Å². The van der Waals surface area contributed by atoms with E-state index in [9.17, 15) is 28.8 Å². The van der Waals surface area contributed by atoms with Gasteiger partial charge in [0, 0.05) is 38.5 Å². The minimum absolute atomic E-state index is 0.0259. The molecule has 0 atom stereocenters. The molecule has 10 heteroatoms. The predicted octanol–water partition coefficient (Wildman–Crippen LogP) is 3.54. The maximum atomic E-state index is 11.6. The summed E-state index contributed by atoms with van der Waals surface area (Å²) < 4.78 is 9.35. The van der Waals surface area contributed by atoms with Crippen LogP contribution in [0.1, 0.15) is 103 Å². The first-order chi connectivity index (χ1) is 15.2. The van der Waals surface area contributed by atoms with Crippen LogP contribution in [0, 0.1) is 0 Å². The van der Waals surface area contributed by atoms with E-state index in [0.29, 0.717) is 64.2 Å². The second-order valence-electron chi connectivity index (χ2n) is 7.52. The highest BCUT2D eigenvalue weighted by molar-refractivity contribution is 5.86. The maximum absolute atomic E-state index is 11.6. The van der Waals surface area contributed by atoms with Crippen LogP contribution >= 0.6 is 0 Å². The van der Waals surface area contributed by atoms with E-state index in [1.54, 1.807) is 0 Å². The Morgan fingerprint density at radius 1 is 0.375 bits per heavy atom. The van der Waals surface area contributed by atoms with Crippen molar-refractivity contribution in [1.29, 1.82) is 0 Å². The van der Waals surface area contributed by atoms with E-state index in [0.717, 1.165) is 0 Å². The summed E-state index contributed by atoms with van der Waals surface area (Å²) in [6, 6.07) is 0. The molecule has 0 saturated heterocycles. The van der Waals surface area contributed by atoms with Gasteiger partial charge in [0.25, 0.3) is 0 Å². The molecule has 2 N–H and O–H groups in total. The zero-order valence-electron chi connectivity index (χ0n) is 18.5. The van der Waals surface area contributed by atoms with Crippen molar-refractivity contribution < 1.29 is 48.5 Å². The number of hydrogen-bond acceptors (Lipinski definition) is 8. The summed E-state index contributed by atoms with van der Waals surface area (Å²) in [5.74, 6) is -4.29. The highest BCUT2D eigenvalue weighted by Crippen LogP contribution is 2.09. The van der Waals surface area contributed by atoms with E-state index in [1.807, 2.05) is 0 Å². The Morgan fingerprint density at radius 2 is 0.594 bits per heavy atom. The van der Waals surface area contributed by atoms with Crippen LogP contribution in [-0.4, -0.2) is 46.0 Å². The first-order valence-electron chi connectivity index (χ1n) is 11.1. The topological polar surface area (TPSA) is 161 Å². The van der Waals surface area contributed by atoms with Gasteiger partial charge in [-0.15, -0.1) is 0 Å². The quantitative estimate of drug-likeness (QED) is 0.166. The zero-order chi connectivity index (χ0) is 24.2. The summed E-state index contributed by atoms with van der Waals surface area (Å²) in [7, 11) is 0. The van der Waals surface area contributed by atoms with Crippen molar-refractivity contribution in [2.75, 3.05) is 0 Å². The summed E-state index contributed by atoms with van der Waals surface area (Å²) in [6.45, 7) is 0. The number of esters is 4. The summed E-state index contributed by atoms with van der Waals surface area (Å²) >= 11 is 0. The molecule has 0 aliphatic heterocycles. The number of carbonyl (C=O) groups excluding carboxylic acids is 4. The third-order valence-corrected chi connectivity index (χ3v) is 4.51. The molecule has 0 radical (unpaired) electrons. The monoisotopic (exact) mass is 458 g/mol. The molecule has 0 saturated carbocycles. The molecule has 0 amide bonds. The summed E-state index contributed by atoms with van der Waals surface area (Å²) in [5, 5.41) is 17.0. The van der Waals surface area contributed by atoms with Crippen molar-refractivity contribution in [3.8, 4) is 0 Å². The third-order valence-electron chi connectivity index (χ3n) is 4.51. The fourth-order valence-electron chi connectivity index (χ4n) is 2.79. The number of hydrogen-bond donors (Lipinski definition) is 2. The Kier molecular flexibility index (Phi) is 17.3. The number of rotatable bonds is 19.